The van der Waals surface area contributed by atoms with Crippen molar-refractivity contribution in [3.8, 4) is 16.9 Å². The molecule has 0 aliphatic heterocycles. The first-order valence-electron chi connectivity index (χ1n) is 7.93. The Morgan fingerprint density at radius 1 is 1.00 bits per heavy atom. The van der Waals surface area contributed by atoms with Gasteiger partial charge in [0, 0.05) is 10.5 Å². The molecule has 0 unspecified atom stereocenters. The lowest BCUT2D eigenvalue weighted by Gasteiger charge is -2.18. The molecule has 24 heavy (non-hydrogen) atoms. The van der Waals surface area contributed by atoms with Crippen LogP contribution in [0.3, 0.4) is 0 Å². The van der Waals surface area contributed by atoms with Gasteiger partial charge in [0.25, 0.3) is 0 Å². The van der Waals surface area contributed by atoms with Crippen LogP contribution < -0.4 is 0 Å². The van der Waals surface area contributed by atoms with Gasteiger partial charge in [-0.05, 0) is 62.9 Å². The summed E-state index contributed by atoms with van der Waals surface area (Å²) in [5.41, 5.74) is 4.22. The SMILES string of the molecule is CSc1ccc(-c2cc(C)nn2-c2ccc(C(C)(C)O)cc2)cc1. The number of nitrogens with zero attached hydrogens (tertiary/aromatic N) is 2. The Labute approximate surface area is 147 Å². The largest absolute Gasteiger partial charge is 0.386 e. The van der Waals surface area contributed by atoms with Crippen LogP contribution in [0.1, 0.15) is 25.1 Å². The maximum Gasteiger partial charge on any atom is 0.0840 e. The van der Waals surface area contributed by atoms with Crippen LogP contribution in [-0.4, -0.2) is 21.1 Å². The van der Waals surface area contributed by atoms with E-state index >= 15 is 0 Å². The van der Waals surface area contributed by atoms with E-state index < -0.39 is 5.60 Å². The topological polar surface area (TPSA) is 38.0 Å². The molecule has 1 aromatic heterocycles. The van der Waals surface area contributed by atoms with E-state index in [1.54, 1.807) is 25.6 Å². The molecule has 0 spiro atoms. The van der Waals surface area contributed by atoms with Gasteiger partial charge < -0.3 is 5.11 Å². The zero-order valence-electron chi connectivity index (χ0n) is 14.4. The summed E-state index contributed by atoms with van der Waals surface area (Å²) >= 11 is 1.74. The van der Waals surface area contributed by atoms with Gasteiger partial charge in [0.05, 0.1) is 22.7 Å². The molecule has 4 heteroatoms. The van der Waals surface area contributed by atoms with Gasteiger partial charge >= 0.3 is 0 Å². The van der Waals surface area contributed by atoms with E-state index in [9.17, 15) is 5.11 Å². The zero-order chi connectivity index (χ0) is 17.3. The lowest BCUT2D eigenvalue weighted by molar-refractivity contribution is 0.0786. The van der Waals surface area contributed by atoms with Crippen LogP contribution in [0.15, 0.2) is 59.5 Å². The van der Waals surface area contributed by atoms with Gasteiger partial charge in [-0.25, -0.2) is 4.68 Å². The number of aliphatic hydroxyl groups is 1. The first kappa shape index (κ1) is 16.8. The van der Waals surface area contributed by atoms with E-state index in [1.165, 1.54) is 4.90 Å². The average Bonchev–Trinajstić information content (AvgIpc) is 2.96. The monoisotopic (exact) mass is 338 g/mol. The molecule has 0 aliphatic rings. The van der Waals surface area contributed by atoms with Crippen molar-refractivity contribution in [1.82, 2.24) is 9.78 Å². The molecular formula is C20H22N2OS. The Hall–Kier alpha value is -2.04. The zero-order valence-corrected chi connectivity index (χ0v) is 15.3. The smallest absolute Gasteiger partial charge is 0.0840 e. The average molecular weight is 338 g/mol. The van der Waals surface area contributed by atoms with Crippen LogP contribution in [0.4, 0.5) is 0 Å². The third-order valence-corrected chi connectivity index (χ3v) is 4.78. The second-order valence-corrected chi connectivity index (χ2v) is 7.30. The van der Waals surface area contributed by atoms with Crippen molar-refractivity contribution < 1.29 is 5.11 Å². The highest BCUT2D eigenvalue weighted by Crippen LogP contribution is 2.27. The highest BCUT2D eigenvalue weighted by Gasteiger charge is 2.16. The molecule has 1 N–H and O–H groups in total. The van der Waals surface area contributed by atoms with Crippen molar-refractivity contribution in [1.29, 1.82) is 0 Å². The van der Waals surface area contributed by atoms with Crippen molar-refractivity contribution >= 4 is 11.8 Å². The van der Waals surface area contributed by atoms with Gasteiger partial charge in [-0.15, -0.1) is 11.8 Å². The summed E-state index contributed by atoms with van der Waals surface area (Å²) < 4.78 is 1.96. The van der Waals surface area contributed by atoms with Gasteiger partial charge in [-0.3, -0.25) is 0 Å². The Bertz CT molecular complexity index is 828. The van der Waals surface area contributed by atoms with E-state index in [4.69, 9.17) is 0 Å². The molecule has 0 fully saturated rings. The molecule has 0 radical (unpaired) electrons. The molecule has 3 nitrogen and oxygen atoms in total. The summed E-state index contributed by atoms with van der Waals surface area (Å²) in [7, 11) is 0. The normalized spacial score (nSPS) is 11.7. The predicted molar refractivity (Wildman–Crippen MR) is 101 cm³/mol. The van der Waals surface area contributed by atoms with Gasteiger partial charge in [0.15, 0.2) is 0 Å². The molecule has 0 amide bonds. The predicted octanol–water partition coefficient (Wildman–Crippen LogP) is 4.80. The van der Waals surface area contributed by atoms with Gasteiger partial charge in [0.2, 0.25) is 0 Å². The lowest BCUT2D eigenvalue weighted by Crippen LogP contribution is -2.15. The fraction of sp³-hybridized carbons (Fsp3) is 0.250. The molecule has 3 rings (SSSR count). The standard InChI is InChI=1S/C20H22N2OS/c1-14-13-19(15-5-11-18(24-4)12-6-15)22(21-14)17-9-7-16(8-10-17)20(2,3)23/h5-13,23H,1-4H3. The summed E-state index contributed by atoms with van der Waals surface area (Å²) in [5.74, 6) is 0. The maximum absolute atomic E-state index is 10.1. The minimum Gasteiger partial charge on any atom is -0.386 e. The van der Waals surface area contributed by atoms with Crippen LogP contribution in [0.25, 0.3) is 16.9 Å². The van der Waals surface area contributed by atoms with Crippen molar-refractivity contribution in [3.63, 3.8) is 0 Å². The highest BCUT2D eigenvalue weighted by atomic mass is 32.2. The van der Waals surface area contributed by atoms with Crippen LogP contribution in [0.5, 0.6) is 0 Å². The molecule has 1 heterocycles. The van der Waals surface area contributed by atoms with E-state index in [2.05, 4.69) is 41.7 Å². The fourth-order valence-corrected chi connectivity index (χ4v) is 3.08. The Kier molecular flexibility index (Phi) is 4.52. The minimum absolute atomic E-state index is 0.838. The number of thioether (sulfide) groups is 1. The van der Waals surface area contributed by atoms with Crippen molar-refractivity contribution in [2.45, 2.75) is 31.3 Å². The summed E-state index contributed by atoms with van der Waals surface area (Å²) in [6.45, 7) is 5.58. The van der Waals surface area contributed by atoms with Crippen molar-refractivity contribution in [3.05, 3.63) is 65.9 Å². The Balaban J connectivity index is 2.02. The molecule has 0 saturated carbocycles. The molecule has 124 valence electrons. The number of aryl methyl sites for hydroxylation is 1. The second kappa shape index (κ2) is 6.46. The van der Waals surface area contributed by atoms with Gasteiger partial charge in [-0.2, -0.15) is 5.10 Å². The highest BCUT2D eigenvalue weighted by molar-refractivity contribution is 7.98. The second-order valence-electron chi connectivity index (χ2n) is 6.42. The third kappa shape index (κ3) is 3.40. The maximum atomic E-state index is 10.1. The molecule has 0 saturated heterocycles. The van der Waals surface area contributed by atoms with E-state index in [-0.39, 0.29) is 0 Å². The Morgan fingerprint density at radius 2 is 1.62 bits per heavy atom. The number of hydrogen-bond donors (Lipinski definition) is 1. The molecule has 0 bridgehead atoms. The van der Waals surface area contributed by atoms with E-state index in [0.717, 1.165) is 28.2 Å². The molecular weight excluding hydrogens is 316 g/mol. The minimum atomic E-state index is -0.838. The molecule has 3 aromatic rings. The fourth-order valence-electron chi connectivity index (χ4n) is 2.67. The summed E-state index contributed by atoms with van der Waals surface area (Å²) in [6.07, 6.45) is 2.08. The van der Waals surface area contributed by atoms with Crippen LogP contribution in [0.2, 0.25) is 0 Å². The first-order valence-corrected chi connectivity index (χ1v) is 9.15. The Morgan fingerprint density at radius 3 is 2.17 bits per heavy atom. The van der Waals surface area contributed by atoms with Crippen LogP contribution in [0, 0.1) is 6.92 Å². The van der Waals surface area contributed by atoms with Crippen LogP contribution >= 0.6 is 11.8 Å². The van der Waals surface area contributed by atoms with Crippen molar-refractivity contribution in [2.75, 3.05) is 6.26 Å². The van der Waals surface area contributed by atoms with E-state index in [1.807, 2.05) is 35.9 Å². The summed E-state index contributed by atoms with van der Waals surface area (Å²) in [6, 6.07) is 18.5. The van der Waals surface area contributed by atoms with Crippen LogP contribution in [-0.2, 0) is 5.60 Å². The number of hydrogen-bond acceptors (Lipinski definition) is 3. The van der Waals surface area contributed by atoms with Gasteiger partial charge in [0.1, 0.15) is 0 Å². The van der Waals surface area contributed by atoms with Gasteiger partial charge in [-0.1, -0.05) is 24.3 Å². The number of aromatic nitrogens is 2. The van der Waals surface area contributed by atoms with Crippen molar-refractivity contribution in [2.24, 2.45) is 0 Å². The quantitative estimate of drug-likeness (QED) is 0.695. The third-order valence-electron chi connectivity index (χ3n) is 4.04. The molecule has 2 aromatic carbocycles. The number of rotatable bonds is 4. The van der Waals surface area contributed by atoms with E-state index in [0.29, 0.717) is 0 Å². The summed E-state index contributed by atoms with van der Waals surface area (Å²) in [5, 5.41) is 14.8. The number of benzene rings is 2. The molecule has 0 atom stereocenters. The first-order chi connectivity index (χ1) is 11.4. The summed E-state index contributed by atoms with van der Waals surface area (Å²) in [4.78, 5) is 1.25. The molecule has 0 aliphatic carbocycles. The lowest BCUT2D eigenvalue weighted by atomic mass is 9.98.